The van der Waals surface area contributed by atoms with Gasteiger partial charge in [-0.15, -0.1) is 11.3 Å². The van der Waals surface area contributed by atoms with Crippen LogP contribution in [0.3, 0.4) is 0 Å². The summed E-state index contributed by atoms with van der Waals surface area (Å²) in [5, 5.41) is 0.711. The largest absolute Gasteiger partial charge is 0.252 e. The number of hydrogen-bond donors (Lipinski definition) is 1. The molecule has 104 valence electrons. The first kappa shape index (κ1) is 15.5. The Morgan fingerprint density at radius 2 is 1.89 bits per heavy atom. The Balaban J connectivity index is 2.73. The van der Waals surface area contributed by atoms with Crippen LogP contribution in [0, 0.1) is 13.8 Å². The Bertz CT molecular complexity index is 631. The van der Waals surface area contributed by atoms with Gasteiger partial charge in [-0.05, 0) is 13.8 Å². The van der Waals surface area contributed by atoms with Gasteiger partial charge in [0, 0.05) is 28.8 Å². The molecular weight excluding hydrogens is 294 g/mol. The molecule has 1 aromatic rings. The lowest BCUT2D eigenvalue weighted by molar-refractivity contribution is 0.583. The molecule has 0 aliphatic carbocycles. The Labute approximate surface area is 112 Å². The van der Waals surface area contributed by atoms with Gasteiger partial charge in [0.25, 0.3) is 10.0 Å². The van der Waals surface area contributed by atoms with Gasteiger partial charge < -0.3 is 0 Å². The second kappa shape index (κ2) is 5.64. The first-order valence-corrected chi connectivity index (χ1v) is 9.81. The van der Waals surface area contributed by atoms with E-state index in [0.29, 0.717) is 10.7 Å². The minimum atomic E-state index is -3.53. The summed E-state index contributed by atoms with van der Waals surface area (Å²) in [5.74, 6) is 0. The van der Waals surface area contributed by atoms with Crippen LogP contribution < -0.4 is 4.72 Å². The van der Waals surface area contributed by atoms with Crippen molar-refractivity contribution >= 4 is 31.1 Å². The Hall–Kier alpha value is -0.510. The van der Waals surface area contributed by atoms with E-state index in [1.54, 1.807) is 13.8 Å². The lowest BCUT2D eigenvalue weighted by atomic mass is 10.6. The topological polar surface area (TPSA) is 88.5 Å². The van der Waals surface area contributed by atoms with Crippen LogP contribution in [0.15, 0.2) is 8.57 Å². The van der Waals surface area contributed by atoms with Crippen LogP contribution in [0.2, 0.25) is 0 Å². The van der Waals surface area contributed by atoms with Crippen LogP contribution in [0.25, 0.3) is 0 Å². The van der Waals surface area contributed by atoms with E-state index in [1.165, 1.54) is 12.5 Å². The molecular formula is C9H17N3O3S3. The molecule has 1 rings (SSSR count). The Morgan fingerprint density at radius 3 is 2.33 bits per heavy atom. The number of nitrogens with one attached hydrogen (secondary N) is 1. The van der Waals surface area contributed by atoms with E-state index in [9.17, 15) is 12.6 Å². The van der Waals surface area contributed by atoms with Crippen LogP contribution in [0.4, 0.5) is 0 Å². The van der Waals surface area contributed by atoms with Crippen molar-refractivity contribution in [3.8, 4) is 0 Å². The summed E-state index contributed by atoms with van der Waals surface area (Å²) in [6.07, 6.45) is 3.02. The van der Waals surface area contributed by atoms with E-state index in [-0.39, 0.29) is 17.3 Å². The molecule has 9 heteroatoms. The molecule has 18 heavy (non-hydrogen) atoms. The molecule has 0 aliphatic heterocycles. The molecule has 0 aromatic carbocycles. The first-order valence-electron chi connectivity index (χ1n) is 5.18. The van der Waals surface area contributed by atoms with E-state index < -0.39 is 19.8 Å². The number of rotatable bonds is 5. The lowest BCUT2D eigenvalue weighted by Crippen LogP contribution is -2.26. The SMILES string of the molecule is Cc1nc(C)c(S(=O)(=O)NCCN=S(C)(C)=O)s1. The second-order valence-corrected chi connectivity index (χ2v) is 9.82. The third-order valence-electron chi connectivity index (χ3n) is 1.91. The maximum atomic E-state index is 11.9. The molecule has 0 radical (unpaired) electrons. The number of sulfonamides is 1. The molecule has 1 aromatic heterocycles. The molecule has 0 unspecified atom stereocenters. The van der Waals surface area contributed by atoms with Gasteiger partial charge in [-0.25, -0.2) is 22.5 Å². The van der Waals surface area contributed by atoms with E-state index in [4.69, 9.17) is 0 Å². The van der Waals surface area contributed by atoms with Crippen LogP contribution in [-0.4, -0.2) is 43.2 Å². The predicted molar refractivity (Wildman–Crippen MR) is 74.1 cm³/mol. The molecule has 0 fully saturated rings. The highest BCUT2D eigenvalue weighted by Gasteiger charge is 2.19. The average Bonchev–Trinajstić information content (AvgIpc) is 2.52. The van der Waals surface area contributed by atoms with Crippen molar-refractivity contribution in [1.82, 2.24) is 9.71 Å². The standard InChI is InChI=1S/C9H17N3O3S3/c1-7-9(16-8(2)12-7)18(14,15)11-6-5-10-17(3,4)13/h11H,5-6H2,1-4H3. The average molecular weight is 311 g/mol. The van der Waals surface area contributed by atoms with Crippen molar-refractivity contribution in [3.05, 3.63) is 10.7 Å². The number of aryl methyl sites for hydroxylation is 2. The van der Waals surface area contributed by atoms with Crippen LogP contribution in [0.1, 0.15) is 10.7 Å². The zero-order valence-corrected chi connectivity index (χ0v) is 13.2. The molecule has 0 saturated carbocycles. The molecule has 0 saturated heterocycles. The fourth-order valence-electron chi connectivity index (χ4n) is 1.27. The maximum Gasteiger partial charge on any atom is 0.252 e. The van der Waals surface area contributed by atoms with E-state index in [2.05, 4.69) is 14.1 Å². The molecule has 0 bridgehead atoms. The molecule has 6 nitrogen and oxygen atoms in total. The van der Waals surface area contributed by atoms with Crippen molar-refractivity contribution in [3.63, 3.8) is 0 Å². The number of hydrogen-bond acceptors (Lipinski definition) is 6. The van der Waals surface area contributed by atoms with Gasteiger partial charge in [0.1, 0.15) is 0 Å². The number of thiazole rings is 1. The van der Waals surface area contributed by atoms with E-state index >= 15 is 0 Å². The zero-order chi connectivity index (χ0) is 14.0. The lowest BCUT2D eigenvalue weighted by Gasteiger charge is -2.03. The highest BCUT2D eigenvalue weighted by Crippen LogP contribution is 2.22. The normalized spacial score (nSPS) is 12.7. The highest BCUT2D eigenvalue weighted by atomic mass is 32.2. The Kier molecular flexibility index (Phi) is 4.87. The third kappa shape index (κ3) is 4.63. The smallest absolute Gasteiger partial charge is 0.250 e. The van der Waals surface area contributed by atoms with Gasteiger partial charge in [-0.2, -0.15) is 0 Å². The van der Waals surface area contributed by atoms with Gasteiger partial charge in [0.05, 0.1) is 17.2 Å². The van der Waals surface area contributed by atoms with Gasteiger partial charge in [-0.3, -0.25) is 4.21 Å². The molecule has 1 N–H and O–H groups in total. The highest BCUT2D eigenvalue weighted by molar-refractivity contribution is 7.92. The molecule has 0 amide bonds. The fourth-order valence-corrected chi connectivity index (χ4v) is 4.35. The summed E-state index contributed by atoms with van der Waals surface area (Å²) in [7, 11) is -5.71. The minimum Gasteiger partial charge on any atom is -0.250 e. The quantitative estimate of drug-likeness (QED) is 0.813. The number of nitrogens with zero attached hydrogens (tertiary/aromatic N) is 2. The van der Waals surface area contributed by atoms with E-state index in [1.807, 2.05) is 0 Å². The van der Waals surface area contributed by atoms with Crippen molar-refractivity contribution in [2.45, 2.75) is 18.1 Å². The van der Waals surface area contributed by atoms with Crippen molar-refractivity contribution < 1.29 is 12.6 Å². The third-order valence-corrected chi connectivity index (χ3v) is 5.86. The summed E-state index contributed by atoms with van der Waals surface area (Å²) in [6.45, 7) is 3.75. The molecule has 0 spiro atoms. The maximum absolute atomic E-state index is 11.9. The van der Waals surface area contributed by atoms with Crippen molar-refractivity contribution in [2.75, 3.05) is 25.6 Å². The summed E-state index contributed by atoms with van der Waals surface area (Å²) >= 11 is 1.14. The summed E-state index contributed by atoms with van der Waals surface area (Å²) in [6, 6.07) is 0. The van der Waals surface area contributed by atoms with Crippen molar-refractivity contribution in [1.29, 1.82) is 0 Å². The van der Waals surface area contributed by atoms with Gasteiger partial charge in [0.2, 0.25) is 0 Å². The van der Waals surface area contributed by atoms with Gasteiger partial charge in [0.15, 0.2) is 4.21 Å². The minimum absolute atomic E-state index is 0.136. The molecule has 1 heterocycles. The van der Waals surface area contributed by atoms with Crippen LogP contribution in [-0.2, 0) is 19.8 Å². The zero-order valence-electron chi connectivity index (χ0n) is 10.8. The molecule has 0 atom stereocenters. The Morgan fingerprint density at radius 1 is 1.28 bits per heavy atom. The first-order chi connectivity index (χ1) is 8.12. The summed E-state index contributed by atoms with van der Waals surface area (Å²) < 4.78 is 41.7. The van der Waals surface area contributed by atoms with Crippen molar-refractivity contribution in [2.24, 2.45) is 4.36 Å². The van der Waals surface area contributed by atoms with Gasteiger partial charge >= 0.3 is 0 Å². The monoisotopic (exact) mass is 311 g/mol. The van der Waals surface area contributed by atoms with Crippen LogP contribution in [0.5, 0.6) is 0 Å². The van der Waals surface area contributed by atoms with E-state index in [0.717, 1.165) is 11.3 Å². The second-order valence-electron chi connectivity index (χ2n) is 4.04. The molecule has 0 aliphatic rings. The van der Waals surface area contributed by atoms with Gasteiger partial charge in [-0.1, -0.05) is 0 Å². The fraction of sp³-hybridized carbons (Fsp3) is 0.667. The predicted octanol–water partition coefficient (Wildman–Crippen LogP) is 0.766. The van der Waals surface area contributed by atoms with Crippen LogP contribution >= 0.6 is 11.3 Å². The summed E-state index contributed by atoms with van der Waals surface area (Å²) in [5.41, 5.74) is 0.497. The number of aromatic nitrogens is 1. The summed E-state index contributed by atoms with van der Waals surface area (Å²) in [4.78, 5) is 4.07.